The van der Waals surface area contributed by atoms with Crippen LogP contribution in [0.25, 0.3) is 6.08 Å². The monoisotopic (exact) mass is 294 g/mol. The number of allylic oxidation sites excluding steroid dienone is 1. The van der Waals surface area contributed by atoms with E-state index in [4.69, 9.17) is 9.47 Å². The van der Waals surface area contributed by atoms with Gasteiger partial charge in [-0.05, 0) is 42.5 Å². The third-order valence-corrected chi connectivity index (χ3v) is 4.17. The molecule has 1 aliphatic rings. The summed E-state index contributed by atoms with van der Waals surface area (Å²) < 4.78 is 11.0. The fourth-order valence-electron chi connectivity index (χ4n) is 2.73. The van der Waals surface area contributed by atoms with Crippen LogP contribution in [0.15, 0.2) is 60.7 Å². The van der Waals surface area contributed by atoms with Crippen molar-refractivity contribution in [3.8, 4) is 5.75 Å². The van der Waals surface area contributed by atoms with Gasteiger partial charge in [0.2, 0.25) is 0 Å². The summed E-state index contributed by atoms with van der Waals surface area (Å²) in [6.45, 7) is 0.835. The van der Waals surface area contributed by atoms with Crippen LogP contribution in [0.2, 0.25) is 0 Å². The predicted molar refractivity (Wildman–Crippen MR) is 90.0 cm³/mol. The fourth-order valence-corrected chi connectivity index (χ4v) is 2.73. The highest BCUT2D eigenvalue weighted by Crippen LogP contribution is 2.43. The van der Waals surface area contributed by atoms with Crippen molar-refractivity contribution in [1.82, 2.24) is 0 Å². The van der Waals surface area contributed by atoms with E-state index in [1.165, 1.54) is 11.1 Å². The Morgan fingerprint density at radius 1 is 1.09 bits per heavy atom. The molecule has 1 unspecified atom stereocenters. The third kappa shape index (κ3) is 3.58. The highest BCUT2D eigenvalue weighted by molar-refractivity contribution is 5.48. The van der Waals surface area contributed by atoms with E-state index >= 15 is 0 Å². The number of methoxy groups -OCH3 is 1. The van der Waals surface area contributed by atoms with Crippen molar-refractivity contribution in [2.45, 2.75) is 24.9 Å². The molecule has 1 atom stereocenters. The molecule has 0 N–H and O–H groups in total. The number of benzene rings is 2. The molecule has 0 spiro atoms. The van der Waals surface area contributed by atoms with Crippen LogP contribution in [-0.2, 0) is 10.3 Å². The van der Waals surface area contributed by atoms with Crippen molar-refractivity contribution in [3.63, 3.8) is 0 Å². The topological polar surface area (TPSA) is 21.8 Å². The van der Waals surface area contributed by atoms with Gasteiger partial charge in [-0.15, -0.1) is 0 Å². The van der Waals surface area contributed by atoms with Crippen LogP contribution in [0, 0.1) is 0 Å². The molecule has 114 valence electrons. The Morgan fingerprint density at radius 3 is 2.45 bits per heavy atom. The van der Waals surface area contributed by atoms with Crippen LogP contribution in [0.3, 0.4) is 0 Å². The summed E-state index contributed by atoms with van der Waals surface area (Å²) in [6, 6.07) is 18.7. The highest BCUT2D eigenvalue weighted by Gasteiger charge is 2.45. The SMILES string of the molecule is COc1ccc(C2(CCC/C=C/c3ccccc3)CO2)cc1. The molecule has 3 rings (SSSR count). The Labute approximate surface area is 132 Å². The first kappa shape index (κ1) is 14.9. The maximum Gasteiger partial charge on any atom is 0.118 e. The number of rotatable bonds is 7. The average molecular weight is 294 g/mol. The average Bonchev–Trinajstić information content (AvgIpc) is 3.37. The van der Waals surface area contributed by atoms with E-state index in [1.54, 1.807) is 7.11 Å². The first-order chi connectivity index (χ1) is 10.8. The van der Waals surface area contributed by atoms with Crippen LogP contribution in [0.1, 0.15) is 30.4 Å². The van der Waals surface area contributed by atoms with E-state index in [-0.39, 0.29) is 5.60 Å². The van der Waals surface area contributed by atoms with Gasteiger partial charge in [0.15, 0.2) is 0 Å². The molecule has 0 bridgehead atoms. The molecule has 2 aromatic rings. The van der Waals surface area contributed by atoms with Crippen LogP contribution >= 0.6 is 0 Å². The molecule has 2 nitrogen and oxygen atoms in total. The fraction of sp³-hybridized carbons (Fsp3) is 0.300. The highest BCUT2D eigenvalue weighted by atomic mass is 16.6. The van der Waals surface area contributed by atoms with Gasteiger partial charge in [-0.25, -0.2) is 0 Å². The van der Waals surface area contributed by atoms with E-state index in [1.807, 2.05) is 18.2 Å². The maximum atomic E-state index is 5.76. The molecule has 0 aromatic heterocycles. The van der Waals surface area contributed by atoms with Gasteiger partial charge >= 0.3 is 0 Å². The van der Waals surface area contributed by atoms with E-state index in [9.17, 15) is 0 Å². The summed E-state index contributed by atoms with van der Waals surface area (Å²) >= 11 is 0. The van der Waals surface area contributed by atoms with Gasteiger partial charge in [-0.2, -0.15) is 0 Å². The maximum absolute atomic E-state index is 5.76. The number of hydrogen-bond acceptors (Lipinski definition) is 2. The Hall–Kier alpha value is -2.06. The zero-order valence-corrected chi connectivity index (χ0v) is 13.0. The summed E-state index contributed by atoms with van der Waals surface area (Å²) in [7, 11) is 1.69. The Morgan fingerprint density at radius 2 is 1.82 bits per heavy atom. The van der Waals surface area contributed by atoms with Crippen LogP contribution in [-0.4, -0.2) is 13.7 Å². The quantitative estimate of drug-likeness (QED) is 0.540. The molecular formula is C20H22O2. The van der Waals surface area contributed by atoms with Crippen molar-refractivity contribution < 1.29 is 9.47 Å². The molecule has 1 fully saturated rings. The normalized spacial score (nSPS) is 20.2. The van der Waals surface area contributed by atoms with Gasteiger partial charge in [0, 0.05) is 0 Å². The smallest absolute Gasteiger partial charge is 0.118 e. The lowest BCUT2D eigenvalue weighted by molar-refractivity contribution is 0.288. The van der Waals surface area contributed by atoms with Crippen molar-refractivity contribution in [2.24, 2.45) is 0 Å². The van der Waals surface area contributed by atoms with Crippen molar-refractivity contribution in [2.75, 3.05) is 13.7 Å². The van der Waals surface area contributed by atoms with E-state index in [2.05, 4.69) is 48.6 Å². The first-order valence-electron chi connectivity index (χ1n) is 7.82. The molecule has 0 radical (unpaired) electrons. The minimum absolute atomic E-state index is 0.0488. The number of epoxide rings is 1. The van der Waals surface area contributed by atoms with Crippen molar-refractivity contribution in [1.29, 1.82) is 0 Å². The number of ether oxygens (including phenoxy) is 2. The minimum Gasteiger partial charge on any atom is -0.497 e. The van der Waals surface area contributed by atoms with Gasteiger partial charge in [-0.1, -0.05) is 54.6 Å². The van der Waals surface area contributed by atoms with Gasteiger partial charge in [0.1, 0.15) is 11.4 Å². The Kier molecular flexibility index (Phi) is 4.59. The van der Waals surface area contributed by atoms with Gasteiger partial charge < -0.3 is 9.47 Å². The molecule has 1 heterocycles. The van der Waals surface area contributed by atoms with Gasteiger partial charge in [-0.3, -0.25) is 0 Å². The zero-order chi connectivity index (χ0) is 15.3. The molecule has 1 aliphatic heterocycles. The van der Waals surface area contributed by atoms with E-state index in [0.717, 1.165) is 31.6 Å². The summed E-state index contributed by atoms with van der Waals surface area (Å²) in [5.41, 5.74) is 2.47. The van der Waals surface area contributed by atoms with E-state index < -0.39 is 0 Å². The van der Waals surface area contributed by atoms with Gasteiger partial charge in [0.25, 0.3) is 0 Å². The standard InChI is InChI=1S/C20H22O2/c1-21-19-13-11-18(12-14-19)20(16-22-20)15-7-3-6-10-17-8-4-2-5-9-17/h2,4-6,8-14H,3,7,15-16H2,1H3/b10-6+. The molecule has 1 saturated heterocycles. The van der Waals surface area contributed by atoms with Crippen LogP contribution in [0.5, 0.6) is 5.75 Å². The summed E-state index contributed by atoms with van der Waals surface area (Å²) in [4.78, 5) is 0. The second kappa shape index (κ2) is 6.80. The first-order valence-corrected chi connectivity index (χ1v) is 7.82. The molecule has 2 heteroatoms. The van der Waals surface area contributed by atoms with Crippen molar-refractivity contribution >= 4 is 6.08 Å². The number of hydrogen-bond donors (Lipinski definition) is 0. The molecule has 0 saturated carbocycles. The summed E-state index contributed by atoms with van der Waals surface area (Å²) in [6.07, 6.45) is 7.72. The summed E-state index contributed by atoms with van der Waals surface area (Å²) in [5.74, 6) is 0.894. The second-order valence-corrected chi connectivity index (χ2v) is 5.72. The molecule has 0 amide bonds. The van der Waals surface area contributed by atoms with Crippen LogP contribution < -0.4 is 4.74 Å². The largest absolute Gasteiger partial charge is 0.497 e. The molecule has 0 aliphatic carbocycles. The molecule has 2 aromatic carbocycles. The molecule has 22 heavy (non-hydrogen) atoms. The number of unbranched alkanes of at least 4 members (excludes halogenated alkanes) is 1. The Bertz CT molecular complexity index is 610. The lowest BCUT2D eigenvalue weighted by atomic mass is 9.94. The third-order valence-electron chi connectivity index (χ3n) is 4.17. The Balaban J connectivity index is 1.49. The lowest BCUT2D eigenvalue weighted by Gasteiger charge is -2.12. The van der Waals surface area contributed by atoms with Crippen LogP contribution in [0.4, 0.5) is 0 Å². The van der Waals surface area contributed by atoms with E-state index in [0.29, 0.717) is 0 Å². The molecular weight excluding hydrogens is 272 g/mol. The minimum atomic E-state index is -0.0488. The van der Waals surface area contributed by atoms with Gasteiger partial charge in [0.05, 0.1) is 13.7 Å². The van der Waals surface area contributed by atoms with Crippen molar-refractivity contribution in [3.05, 3.63) is 71.8 Å². The predicted octanol–water partition coefficient (Wildman–Crippen LogP) is 4.80. The zero-order valence-electron chi connectivity index (χ0n) is 13.0. The second-order valence-electron chi connectivity index (χ2n) is 5.72. The summed E-state index contributed by atoms with van der Waals surface area (Å²) in [5, 5.41) is 0. The lowest BCUT2D eigenvalue weighted by Crippen LogP contribution is -2.08.